The minimum absolute atomic E-state index is 0.0478. The highest BCUT2D eigenvalue weighted by molar-refractivity contribution is 5.85. The molecule has 0 saturated heterocycles. The van der Waals surface area contributed by atoms with Crippen LogP contribution in [-0.4, -0.2) is 16.6 Å². The SMILES string of the molecule is C=C(CCC)C(=O)O.CCCCCCCC(C)(C)N. The molecule has 0 aliphatic rings. The van der Waals surface area contributed by atoms with Crippen LogP contribution in [0.15, 0.2) is 12.2 Å². The van der Waals surface area contributed by atoms with Crippen molar-refractivity contribution in [1.82, 2.24) is 0 Å². The molecule has 0 radical (unpaired) electrons. The molecule has 0 aromatic rings. The number of nitrogens with two attached hydrogens (primary N) is 1. The Morgan fingerprint density at radius 2 is 1.63 bits per heavy atom. The number of aliphatic carboxylic acids is 1. The van der Waals surface area contributed by atoms with Crippen LogP contribution in [0.5, 0.6) is 0 Å². The van der Waals surface area contributed by atoms with E-state index in [1.54, 1.807) is 0 Å². The first-order chi connectivity index (χ1) is 8.74. The van der Waals surface area contributed by atoms with Crippen molar-refractivity contribution < 1.29 is 9.90 Å². The highest BCUT2D eigenvalue weighted by Gasteiger charge is 2.08. The second kappa shape index (κ2) is 12.2. The summed E-state index contributed by atoms with van der Waals surface area (Å²) in [6.45, 7) is 11.7. The van der Waals surface area contributed by atoms with Crippen molar-refractivity contribution in [3.63, 3.8) is 0 Å². The van der Waals surface area contributed by atoms with Crippen molar-refractivity contribution in [3.8, 4) is 0 Å². The predicted octanol–water partition coefficient (Wildman–Crippen LogP) is 4.51. The Morgan fingerprint density at radius 1 is 1.11 bits per heavy atom. The maximum Gasteiger partial charge on any atom is 0.330 e. The molecule has 0 heterocycles. The molecule has 0 amide bonds. The molecule has 0 aromatic heterocycles. The molecule has 0 aromatic carbocycles. The summed E-state index contributed by atoms with van der Waals surface area (Å²) in [5.74, 6) is -0.883. The molecular weight excluding hydrogens is 238 g/mol. The summed E-state index contributed by atoms with van der Waals surface area (Å²) >= 11 is 0. The zero-order valence-electron chi connectivity index (χ0n) is 13.3. The van der Waals surface area contributed by atoms with Crippen molar-refractivity contribution in [1.29, 1.82) is 0 Å². The van der Waals surface area contributed by atoms with Gasteiger partial charge in [-0.3, -0.25) is 0 Å². The van der Waals surface area contributed by atoms with Gasteiger partial charge in [0.15, 0.2) is 0 Å². The predicted molar refractivity (Wildman–Crippen MR) is 83.3 cm³/mol. The Labute approximate surface area is 119 Å². The van der Waals surface area contributed by atoms with Gasteiger partial charge in [-0.25, -0.2) is 4.79 Å². The molecule has 3 N–H and O–H groups in total. The Bertz CT molecular complexity index is 242. The number of hydrogen-bond donors (Lipinski definition) is 2. The third-order valence-electron chi connectivity index (χ3n) is 2.78. The smallest absolute Gasteiger partial charge is 0.330 e. The Kier molecular flexibility index (Phi) is 13.2. The van der Waals surface area contributed by atoms with Gasteiger partial charge in [0.25, 0.3) is 0 Å². The standard InChI is InChI=1S/C10H23N.C6H10O2/c1-4-5-6-7-8-9-10(2,3)11;1-3-4-5(2)6(7)8/h4-9,11H2,1-3H3;2-4H2,1H3,(H,7,8). The molecule has 19 heavy (non-hydrogen) atoms. The second-order valence-electron chi connectivity index (χ2n) is 5.81. The molecule has 0 atom stereocenters. The van der Waals surface area contributed by atoms with Crippen LogP contribution in [0.1, 0.15) is 79.1 Å². The molecule has 0 aliphatic heterocycles. The minimum atomic E-state index is -0.883. The van der Waals surface area contributed by atoms with Gasteiger partial charge in [-0.15, -0.1) is 0 Å². The summed E-state index contributed by atoms with van der Waals surface area (Å²) in [5, 5.41) is 8.21. The van der Waals surface area contributed by atoms with Gasteiger partial charge in [-0.1, -0.05) is 59.0 Å². The largest absolute Gasteiger partial charge is 0.478 e. The molecular formula is C16H33NO2. The van der Waals surface area contributed by atoms with E-state index < -0.39 is 5.97 Å². The average Bonchev–Trinajstić information content (AvgIpc) is 2.28. The summed E-state index contributed by atoms with van der Waals surface area (Å²) in [7, 11) is 0. The van der Waals surface area contributed by atoms with Crippen LogP contribution in [-0.2, 0) is 4.79 Å². The van der Waals surface area contributed by atoms with E-state index >= 15 is 0 Å². The van der Waals surface area contributed by atoms with Gasteiger partial charge in [0, 0.05) is 11.1 Å². The fourth-order valence-corrected chi connectivity index (χ4v) is 1.59. The number of carboxylic acids is 1. The maximum absolute atomic E-state index is 9.99. The van der Waals surface area contributed by atoms with E-state index in [2.05, 4.69) is 27.4 Å². The van der Waals surface area contributed by atoms with Gasteiger partial charge >= 0.3 is 5.97 Å². The van der Waals surface area contributed by atoms with Gasteiger partial charge in [-0.2, -0.15) is 0 Å². The van der Waals surface area contributed by atoms with Crippen molar-refractivity contribution >= 4 is 5.97 Å². The van der Waals surface area contributed by atoms with Crippen molar-refractivity contribution in [2.75, 3.05) is 0 Å². The lowest BCUT2D eigenvalue weighted by molar-refractivity contribution is -0.132. The third kappa shape index (κ3) is 19.7. The number of unbranched alkanes of at least 4 members (excludes halogenated alkanes) is 4. The number of carboxylic acid groups (broad SMARTS) is 1. The van der Waals surface area contributed by atoms with Crippen LogP contribution in [0.25, 0.3) is 0 Å². The van der Waals surface area contributed by atoms with Gasteiger partial charge in [0.05, 0.1) is 0 Å². The van der Waals surface area contributed by atoms with Crippen LogP contribution in [0, 0.1) is 0 Å². The monoisotopic (exact) mass is 271 g/mol. The first-order valence-electron chi connectivity index (χ1n) is 7.44. The molecule has 0 saturated carbocycles. The Hall–Kier alpha value is -0.830. The lowest BCUT2D eigenvalue weighted by Gasteiger charge is -2.17. The van der Waals surface area contributed by atoms with Crippen molar-refractivity contribution in [3.05, 3.63) is 12.2 Å². The van der Waals surface area contributed by atoms with Crippen LogP contribution in [0.3, 0.4) is 0 Å². The molecule has 0 spiro atoms. The summed E-state index contributed by atoms with van der Waals surface area (Å²) in [5.41, 5.74) is 6.20. The molecule has 0 bridgehead atoms. The summed E-state index contributed by atoms with van der Waals surface area (Å²) in [6.07, 6.45) is 9.35. The molecule has 114 valence electrons. The number of hydrogen-bond acceptors (Lipinski definition) is 2. The van der Waals surface area contributed by atoms with E-state index in [0.29, 0.717) is 12.0 Å². The van der Waals surface area contributed by atoms with Gasteiger partial charge < -0.3 is 10.8 Å². The second-order valence-corrected chi connectivity index (χ2v) is 5.81. The van der Waals surface area contributed by atoms with E-state index in [-0.39, 0.29) is 5.54 Å². The van der Waals surface area contributed by atoms with Crippen LogP contribution in [0.4, 0.5) is 0 Å². The zero-order chi connectivity index (χ0) is 15.3. The summed E-state index contributed by atoms with van der Waals surface area (Å²) < 4.78 is 0. The zero-order valence-corrected chi connectivity index (χ0v) is 13.3. The van der Waals surface area contributed by atoms with E-state index in [1.165, 1.54) is 32.1 Å². The normalized spacial score (nSPS) is 10.6. The highest BCUT2D eigenvalue weighted by Crippen LogP contribution is 2.11. The fraction of sp³-hybridized carbons (Fsp3) is 0.812. The number of rotatable bonds is 9. The molecule has 0 rings (SSSR count). The van der Waals surface area contributed by atoms with Gasteiger partial charge in [-0.05, 0) is 26.7 Å². The van der Waals surface area contributed by atoms with E-state index in [1.807, 2.05) is 6.92 Å². The fourth-order valence-electron chi connectivity index (χ4n) is 1.59. The summed E-state index contributed by atoms with van der Waals surface area (Å²) in [4.78, 5) is 9.99. The molecule has 0 aliphatic carbocycles. The van der Waals surface area contributed by atoms with E-state index in [0.717, 1.165) is 12.8 Å². The van der Waals surface area contributed by atoms with E-state index in [4.69, 9.17) is 10.8 Å². The maximum atomic E-state index is 9.99. The van der Waals surface area contributed by atoms with Crippen molar-refractivity contribution in [2.24, 2.45) is 5.73 Å². The Balaban J connectivity index is 0. The third-order valence-corrected chi connectivity index (χ3v) is 2.78. The highest BCUT2D eigenvalue weighted by atomic mass is 16.4. The molecule has 3 nitrogen and oxygen atoms in total. The lowest BCUT2D eigenvalue weighted by atomic mass is 9.98. The molecule has 3 heteroatoms. The summed E-state index contributed by atoms with van der Waals surface area (Å²) in [6, 6.07) is 0. The van der Waals surface area contributed by atoms with Gasteiger partial charge in [0.2, 0.25) is 0 Å². The van der Waals surface area contributed by atoms with Crippen LogP contribution in [0.2, 0.25) is 0 Å². The first-order valence-corrected chi connectivity index (χ1v) is 7.44. The molecule has 0 fully saturated rings. The van der Waals surface area contributed by atoms with Crippen LogP contribution < -0.4 is 5.73 Å². The quantitative estimate of drug-likeness (QED) is 0.479. The molecule has 0 unspecified atom stereocenters. The van der Waals surface area contributed by atoms with Crippen molar-refractivity contribution in [2.45, 2.75) is 84.6 Å². The van der Waals surface area contributed by atoms with Gasteiger partial charge in [0.1, 0.15) is 0 Å². The Morgan fingerprint density at radius 3 is 1.95 bits per heavy atom. The topological polar surface area (TPSA) is 63.3 Å². The number of carbonyl (C=O) groups is 1. The average molecular weight is 271 g/mol. The first kappa shape index (κ1) is 20.5. The lowest BCUT2D eigenvalue weighted by Crippen LogP contribution is -2.31. The van der Waals surface area contributed by atoms with Crippen LogP contribution >= 0.6 is 0 Å². The van der Waals surface area contributed by atoms with E-state index in [9.17, 15) is 4.79 Å². The minimum Gasteiger partial charge on any atom is -0.478 e.